The normalized spacial score (nSPS) is 11.1. The second-order valence-corrected chi connectivity index (χ2v) is 23.6. The van der Waals surface area contributed by atoms with Crippen molar-refractivity contribution in [3.8, 4) is 46.0 Å². The maximum Gasteiger partial charge on any atom is 0.573 e. The number of carbonyl (C=O) groups is 6. The van der Waals surface area contributed by atoms with E-state index < -0.39 is 96.6 Å². The Hall–Kier alpha value is -11.4. The molecule has 3 heterocycles. The summed E-state index contributed by atoms with van der Waals surface area (Å²) in [5.74, 6) is -4.76. The van der Waals surface area contributed by atoms with E-state index in [1.807, 2.05) is 36.6 Å². The predicted molar refractivity (Wildman–Crippen MR) is 350 cm³/mol. The molecule has 552 valence electrons. The minimum absolute atomic E-state index is 0.0155. The number of nitrogens with two attached hydrogens (primary N) is 2. The number of hydrogen-bond donors (Lipinski definition) is 6. The third kappa shape index (κ3) is 26.8. The van der Waals surface area contributed by atoms with E-state index in [1.165, 1.54) is 73.4 Å². The fourth-order valence-corrected chi connectivity index (χ4v) is 10.9. The second kappa shape index (κ2) is 37.5. The van der Waals surface area contributed by atoms with Crippen molar-refractivity contribution in [2.45, 2.75) is 63.0 Å². The molecule has 0 aliphatic carbocycles. The summed E-state index contributed by atoms with van der Waals surface area (Å²) in [6.45, 7) is -1.29. The summed E-state index contributed by atoms with van der Waals surface area (Å²) >= 11 is 3.90. The number of methoxy groups -OCH3 is 2. The van der Waals surface area contributed by atoms with Gasteiger partial charge in [0.25, 0.3) is 35.4 Å². The standard InChI is InChI=1S/C23H22F3N3O6S.C22H20F3N3O5S.C21H16F5N3O4S/c1-32-16-8-3-13(9-17(16)33-2)10-18-21(22(27)31)29-20(36-18)11-28-19(30)12-34-14-4-6-15(7-5-14)35-23(24,25)26;1-34-17-5-3-2-4-13(17)10-16-20(21(26)30)28-19(32-16)11-27-18(29)12-31-14-6-8-15(9-7-14)33-22(23,24)25;22-15-6-1-12(7-16(15)23)8-28-20(31)17-11-34-19(29-17)9-27-18(30)10-32-13-2-4-14(5-3-13)33-21(24,25)26/h3-9H,10-12H2,1-2H3,(H2,27,31)(H,28,30);2-9H,10-12H2,1H3,(H2,26,30)(H,27,29);1-7,11H,8-10H2,(H,27,30)(H,28,31). The lowest BCUT2D eigenvalue weighted by Crippen LogP contribution is -2.28. The van der Waals surface area contributed by atoms with Crippen molar-refractivity contribution in [3.63, 3.8) is 0 Å². The fourth-order valence-electron chi connectivity index (χ4n) is 8.53. The van der Waals surface area contributed by atoms with Gasteiger partial charge in [-0.05, 0) is 126 Å². The van der Waals surface area contributed by atoms with Gasteiger partial charge < -0.3 is 75.0 Å². The van der Waals surface area contributed by atoms with Crippen molar-refractivity contribution in [2.75, 3.05) is 40.3 Å². The molecule has 0 atom stereocenters. The highest BCUT2D eigenvalue weighted by atomic mass is 32.2. The van der Waals surface area contributed by atoms with Crippen molar-refractivity contribution in [1.82, 2.24) is 36.2 Å². The van der Waals surface area contributed by atoms with Crippen LogP contribution in [0.5, 0.6) is 46.0 Å². The molecule has 0 saturated carbocycles. The van der Waals surface area contributed by atoms with Crippen LogP contribution in [-0.2, 0) is 53.4 Å². The maximum atomic E-state index is 13.2. The van der Waals surface area contributed by atoms with Crippen LogP contribution in [0, 0.1) is 11.6 Å². The smallest absolute Gasteiger partial charge is 0.493 e. The van der Waals surface area contributed by atoms with Crippen molar-refractivity contribution in [3.05, 3.63) is 211 Å². The number of nitrogens with one attached hydrogen (secondary N) is 4. The SMILES string of the molecule is COc1ccc(Cc2sc(CNC(=O)COc3ccc(OC(F)(F)F)cc3)nc2C(N)=O)cc1OC.CSc1ccccc1Cc1oc(CNC(=O)COc2ccc(OC(F)(F)F)cc2)nc1C(N)=O.O=C(COc1ccc(OC(F)(F)F)cc1)NCc1nc(C(=O)NCc2ccc(F)c(F)c2)cs1. The molecule has 38 heteroatoms. The molecule has 0 spiro atoms. The molecule has 24 nitrogen and oxygen atoms in total. The number of amides is 6. The van der Waals surface area contributed by atoms with Gasteiger partial charge in [-0.2, -0.15) is 0 Å². The zero-order valence-corrected chi connectivity index (χ0v) is 56.6. The molecule has 104 heavy (non-hydrogen) atoms. The first-order valence-electron chi connectivity index (χ1n) is 29.6. The Bertz CT molecular complexity index is 4390. The van der Waals surface area contributed by atoms with Gasteiger partial charge in [-0.25, -0.2) is 23.7 Å². The third-order valence-corrected chi connectivity index (χ3v) is 15.9. The van der Waals surface area contributed by atoms with Gasteiger partial charge in [0.05, 0.1) is 33.9 Å². The van der Waals surface area contributed by atoms with Crippen LogP contribution >= 0.6 is 34.4 Å². The molecule has 3 aromatic heterocycles. The van der Waals surface area contributed by atoms with Gasteiger partial charge in [-0.15, -0.1) is 73.9 Å². The Morgan fingerprint density at radius 2 is 0.990 bits per heavy atom. The molecule has 8 N–H and O–H groups in total. The number of carbonyl (C=O) groups excluding carboxylic acids is 6. The quantitative estimate of drug-likeness (QED) is 0.0180. The van der Waals surface area contributed by atoms with Crippen molar-refractivity contribution < 1.29 is 119 Å². The summed E-state index contributed by atoms with van der Waals surface area (Å²) in [4.78, 5) is 86.0. The van der Waals surface area contributed by atoms with E-state index >= 15 is 0 Å². The monoisotopic (exact) mass is 1520 g/mol. The zero-order chi connectivity index (χ0) is 75.7. The van der Waals surface area contributed by atoms with Crippen LogP contribution in [0.15, 0.2) is 148 Å². The third-order valence-electron chi connectivity index (χ3n) is 13.1. The molecule has 0 saturated heterocycles. The van der Waals surface area contributed by atoms with E-state index in [2.05, 4.69) is 50.4 Å². The largest absolute Gasteiger partial charge is 0.573 e. The van der Waals surface area contributed by atoms with Crippen molar-refractivity contribution in [2.24, 2.45) is 11.5 Å². The van der Waals surface area contributed by atoms with E-state index in [0.29, 0.717) is 44.8 Å². The molecule has 0 aliphatic rings. The number of rotatable bonds is 30. The first kappa shape index (κ1) is 79.9. The number of primary amides is 2. The zero-order valence-electron chi connectivity index (χ0n) is 54.1. The van der Waals surface area contributed by atoms with Crippen LogP contribution in [-0.4, -0.2) is 110 Å². The summed E-state index contributed by atoms with van der Waals surface area (Å²) in [7, 11) is 3.05. The van der Waals surface area contributed by atoms with Crippen LogP contribution in [0.2, 0.25) is 0 Å². The highest BCUT2D eigenvalue weighted by Crippen LogP contribution is 2.32. The highest BCUT2D eigenvalue weighted by Gasteiger charge is 2.33. The summed E-state index contributed by atoms with van der Waals surface area (Å²) in [6.07, 6.45) is -11.8. The number of aromatic nitrogens is 3. The first-order valence-corrected chi connectivity index (χ1v) is 32.5. The number of halogens is 11. The van der Waals surface area contributed by atoms with Crippen LogP contribution in [0.1, 0.15) is 74.7 Å². The lowest BCUT2D eigenvalue weighted by molar-refractivity contribution is -0.275. The minimum Gasteiger partial charge on any atom is -0.493 e. The van der Waals surface area contributed by atoms with Crippen molar-refractivity contribution >= 4 is 69.9 Å². The highest BCUT2D eigenvalue weighted by molar-refractivity contribution is 7.98. The van der Waals surface area contributed by atoms with Gasteiger partial charge >= 0.3 is 19.1 Å². The van der Waals surface area contributed by atoms with E-state index in [-0.39, 0.29) is 78.8 Å². The van der Waals surface area contributed by atoms with Gasteiger partial charge in [-0.3, -0.25) is 28.8 Å². The fraction of sp³-hybridized carbons (Fsp3) is 0.227. The number of thioether (sulfide) groups is 1. The van der Waals surface area contributed by atoms with Gasteiger partial charge in [0.2, 0.25) is 5.89 Å². The topological polar surface area (TPSA) is 328 Å². The Morgan fingerprint density at radius 3 is 1.47 bits per heavy atom. The van der Waals surface area contributed by atoms with Gasteiger partial charge in [0.15, 0.2) is 48.6 Å². The molecule has 0 radical (unpaired) electrons. The summed E-state index contributed by atoms with van der Waals surface area (Å²) < 4.78 is 179. The molecular formula is C66H58F11N9O15S3. The average molecular weight is 1520 g/mol. The predicted octanol–water partition coefficient (Wildman–Crippen LogP) is 11.1. The number of ether oxygens (including phenoxy) is 8. The van der Waals surface area contributed by atoms with Crippen LogP contribution in [0.3, 0.4) is 0 Å². The lowest BCUT2D eigenvalue weighted by atomic mass is 10.1. The Morgan fingerprint density at radius 1 is 0.510 bits per heavy atom. The second-order valence-electron chi connectivity index (χ2n) is 20.7. The van der Waals surface area contributed by atoms with Crippen molar-refractivity contribution in [1.29, 1.82) is 0 Å². The van der Waals surface area contributed by atoms with E-state index in [9.17, 15) is 77.1 Å². The molecule has 6 aromatic carbocycles. The first-order chi connectivity index (χ1) is 49.3. The van der Waals surface area contributed by atoms with Gasteiger partial charge in [0.1, 0.15) is 61.7 Å². The summed E-state index contributed by atoms with van der Waals surface area (Å²) in [5, 5.41) is 12.6. The number of oxazole rings is 1. The maximum absolute atomic E-state index is 13.2. The van der Waals surface area contributed by atoms with Crippen LogP contribution in [0.25, 0.3) is 0 Å². The van der Waals surface area contributed by atoms with E-state index in [1.54, 1.807) is 23.9 Å². The van der Waals surface area contributed by atoms with E-state index in [0.717, 1.165) is 75.9 Å². The molecule has 6 amide bonds. The van der Waals surface area contributed by atoms with Crippen LogP contribution in [0.4, 0.5) is 48.3 Å². The number of thiazole rings is 2. The Balaban J connectivity index is 0.000000218. The summed E-state index contributed by atoms with van der Waals surface area (Å²) in [6, 6.07) is 30.0. The average Bonchev–Trinajstić information content (AvgIpc) is 1.68. The molecule has 9 rings (SSSR count). The Labute approximate surface area is 594 Å². The molecule has 0 unspecified atom stereocenters. The summed E-state index contributed by atoms with van der Waals surface area (Å²) in [5.41, 5.74) is 13.2. The Kier molecular flexibility index (Phi) is 28.8. The molecule has 0 fully saturated rings. The number of nitrogens with zero attached hydrogens (tertiary/aromatic N) is 3. The van der Waals surface area contributed by atoms with Gasteiger partial charge in [-0.1, -0.05) is 30.3 Å². The molecule has 0 aliphatic heterocycles. The van der Waals surface area contributed by atoms with Crippen LogP contribution < -0.4 is 70.6 Å². The molecule has 9 aromatic rings. The van der Waals surface area contributed by atoms with E-state index in [4.69, 9.17) is 39.6 Å². The minimum atomic E-state index is -4.80. The molecule has 0 bridgehead atoms. The van der Waals surface area contributed by atoms with Gasteiger partial charge in [0, 0.05) is 34.5 Å². The lowest BCUT2D eigenvalue weighted by Gasteiger charge is -2.10. The molecular weight excluding hydrogens is 1460 g/mol. The number of hydrogen-bond acceptors (Lipinski definition) is 21. The number of benzene rings is 6. The number of alkyl halides is 9.